The fourth-order valence-electron chi connectivity index (χ4n) is 0.934. The highest BCUT2D eigenvalue weighted by atomic mass is 35.5. The predicted octanol–water partition coefficient (Wildman–Crippen LogP) is 0.445. The summed E-state index contributed by atoms with van der Waals surface area (Å²) in [5.41, 5.74) is 6.05. The van der Waals surface area contributed by atoms with E-state index in [1.54, 1.807) is 10.9 Å². The molecule has 0 aliphatic rings. The van der Waals surface area contributed by atoms with E-state index in [0.717, 1.165) is 5.69 Å². The van der Waals surface area contributed by atoms with E-state index in [9.17, 15) is 4.79 Å². The van der Waals surface area contributed by atoms with E-state index >= 15 is 0 Å². The third-order valence-corrected chi connectivity index (χ3v) is 1.57. The fraction of sp³-hybridized carbons (Fsp3) is 0.571. The van der Waals surface area contributed by atoms with Crippen molar-refractivity contribution in [1.29, 1.82) is 0 Å². The number of aliphatic carboxylic acids is 1. The highest BCUT2D eigenvalue weighted by molar-refractivity contribution is 5.85. The van der Waals surface area contributed by atoms with Crippen LogP contribution in [0, 0.1) is 0 Å². The Balaban J connectivity index is 0. The molecule has 0 radical (unpaired) electrons. The lowest BCUT2D eigenvalue weighted by molar-refractivity contribution is -0.137. The highest BCUT2D eigenvalue weighted by Crippen LogP contribution is 1.95. The average Bonchev–Trinajstić information content (AvgIpc) is 2.52. The maximum Gasteiger partial charge on any atom is 0.303 e. The highest BCUT2D eigenvalue weighted by Gasteiger charge is 2.00. The molecule has 6 nitrogen and oxygen atoms in total. The first-order valence-corrected chi connectivity index (χ1v) is 4.03. The monoisotopic (exact) mass is 256 g/mol. The SMILES string of the molecule is Cl.Cl.NCc1cn(CCCC(=O)O)nn1. The molecule has 0 amide bonds. The molecule has 1 aromatic heterocycles. The number of carboxylic acids is 1. The second-order valence-corrected chi connectivity index (χ2v) is 2.67. The fourth-order valence-corrected chi connectivity index (χ4v) is 0.934. The van der Waals surface area contributed by atoms with Crippen molar-refractivity contribution in [2.45, 2.75) is 25.9 Å². The number of hydrogen-bond donors (Lipinski definition) is 2. The molecule has 0 bridgehead atoms. The number of carbonyl (C=O) groups is 1. The molecule has 0 atom stereocenters. The molecule has 88 valence electrons. The molecule has 8 heteroatoms. The van der Waals surface area contributed by atoms with Crippen LogP contribution in [0.2, 0.25) is 0 Å². The van der Waals surface area contributed by atoms with E-state index in [1.165, 1.54) is 0 Å². The first kappa shape index (κ1) is 16.6. The van der Waals surface area contributed by atoms with Crippen molar-refractivity contribution in [1.82, 2.24) is 15.0 Å². The van der Waals surface area contributed by atoms with Gasteiger partial charge in [-0.05, 0) is 6.42 Å². The summed E-state index contributed by atoms with van der Waals surface area (Å²) in [7, 11) is 0. The van der Waals surface area contributed by atoms with Crippen LogP contribution in [0.1, 0.15) is 18.5 Å². The summed E-state index contributed by atoms with van der Waals surface area (Å²) in [6.07, 6.45) is 2.43. The minimum absolute atomic E-state index is 0. The number of halogens is 2. The summed E-state index contributed by atoms with van der Waals surface area (Å²) >= 11 is 0. The van der Waals surface area contributed by atoms with Crippen LogP contribution in [0.25, 0.3) is 0 Å². The molecule has 0 fully saturated rings. The number of rotatable bonds is 5. The molecule has 0 aliphatic carbocycles. The zero-order valence-corrected chi connectivity index (χ0v) is 9.63. The lowest BCUT2D eigenvalue weighted by Crippen LogP contribution is -2.02. The van der Waals surface area contributed by atoms with Crippen molar-refractivity contribution in [3.8, 4) is 0 Å². The number of carboxylic acid groups (broad SMARTS) is 1. The van der Waals surface area contributed by atoms with Gasteiger partial charge in [-0.1, -0.05) is 5.21 Å². The minimum Gasteiger partial charge on any atom is -0.481 e. The standard InChI is InChI=1S/C7H12N4O2.2ClH/c8-4-6-5-11(10-9-6)3-1-2-7(12)13;;/h5H,1-4,8H2,(H,12,13);2*1H. The molecular formula is C7H14Cl2N4O2. The van der Waals surface area contributed by atoms with E-state index in [2.05, 4.69) is 10.3 Å². The normalized spacial score (nSPS) is 8.87. The zero-order chi connectivity index (χ0) is 9.68. The van der Waals surface area contributed by atoms with Gasteiger partial charge in [-0.25, -0.2) is 0 Å². The predicted molar refractivity (Wildman–Crippen MR) is 59.3 cm³/mol. The van der Waals surface area contributed by atoms with Gasteiger partial charge < -0.3 is 10.8 Å². The third kappa shape index (κ3) is 6.27. The van der Waals surface area contributed by atoms with E-state index < -0.39 is 5.97 Å². The molecule has 0 unspecified atom stereocenters. The molecule has 0 aromatic carbocycles. The second-order valence-electron chi connectivity index (χ2n) is 2.67. The van der Waals surface area contributed by atoms with Crippen LogP contribution in [0.3, 0.4) is 0 Å². The summed E-state index contributed by atoms with van der Waals surface area (Å²) in [5.74, 6) is -0.792. The first-order valence-electron chi connectivity index (χ1n) is 4.03. The van der Waals surface area contributed by atoms with Crippen LogP contribution in [0.4, 0.5) is 0 Å². The van der Waals surface area contributed by atoms with Crippen molar-refractivity contribution in [2.24, 2.45) is 5.73 Å². The Morgan fingerprint density at radius 1 is 1.53 bits per heavy atom. The Hall–Kier alpha value is -0.850. The van der Waals surface area contributed by atoms with Gasteiger partial charge in [0.25, 0.3) is 0 Å². The minimum atomic E-state index is -0.792. The smallest absolute Gasteiger partial charge is 0.303 e. The van der Waals surface area contributed by atoms with Gasteiger partial charge in [0.1, 0.15) is 0 Å². The number of nitrogens with zero attached hydrogens (tertiary/aromatic N) is 3. The summed E-state index contributed by atoms with van der Waals surface area (Å²) in [4.78, 5) is 10.2. The van der Waals surface area contributed by atoms with Crippen LogP contribution in [-0.2, 0) is 17.9 Å². The molecule has 15 heavy (non-hydrogen) atoms. The quantitative estimate of drug-likeness (QED) is 0.798. The first-order chi connectivity index (χ1) is 6.22. The van der Waals surface area contributed by atoms with Crippen LogP contribution in [0.5, 0.6) is 0 Å². The van der Waals surface area contributed by atoms with Gasteiger partial charge in [0, 0.05) is 25.7 Å². The summed E-state index contributed by atoms with van der Waals surface area (Å²) in [6, 6.07) is 0. The van der Waals surface area contributed by atoms with Gasteiger partial charge in [0.05, 0.1) is 5.69 Å². The van der Waals surface area contributed by atoms with E-state index in [-0.39, 0.29) is 31.2 Å². The van der Waals surface area contributed by atoms with Crippen molar-refractivity contribution >= 4 is 30.8 Å². The Labute approximate surface area is 99.7 Å². The van der Waals surface area contributed by atoms with Crippen molar-refractivity contribution in [2.75, 3.05) is 0 Å². The summed E-state index contributed by atoms with van der Waals surface area (Å²) in [5, 5.41) is 15.9. The van der Waals surface area contributed by atoms with Gasteiger partial charge in [0.15, 0.2) is 0 Å². The lowest BCUT2D eigenvalue weighted by Gasteiger charge is -1.96. The van der Waals surface area contributed by atoms with Crippen molar-refractivity contribution in [3.05, 3.63) is 11.9 Å². The van der Waals surface area contributed by atoms with Crippen molar-refractivity contribution in [3.63, 3.8) is 0 Å². The van der Waals surface area contributed by atoms with E-state index in [1.807, 2.05) is 0 Å². The molecule has 1 rings (SSSR count). The Kier molecular flexibility index (Phi) is 9.35. The van der Waals surface area contributed by atoms with Crippen LogP contribution >= 0.6 is 24.8 Å². The van der Waals surface area contributed by atoms with Gasteiger partial charge in [0.2, 0.25) is 0 Å². The Bertz CT molecular complexity index is 292. The van der Waals surface area contributed by atoms with Crippen LogP contribution in [-0.4, -0.2) is 26.1 Å². The third-order valence-electron chi connectivity index (χ3n) is 1.57. The molecule has 3 N–H and O–H groups in total. The van der Waals surface area contributed by atoms with E-state index in [0.29, 0.717) is 19.5 Å². The second kappa shape index (κ2) is 8.46. The van der Waals surface area contributed by atoms with Crippen molar-refractivity contribution < 1.29 is 9.90 Å². The largest absolute Gasteiger partial charge is 0.481 e. The molecular weight excluding hydrogens is 243 g/mol. The lowest BCUT2D eigenvalue weighted by atomic mass is 10.3. The average molecular weight is 257 g/mol. The molecule has 0 aliphatic heterocycles. The van der Waals surface area contributed by atoms with Gasteiger partial charge in [-0.2, -0.15) is 0 Å². The maximum atomic E-state index is 10.2. The maximum absolute atomic E-state index is 10.2. The summed E-state index contributed by atoms with van der Waals surface area (Å²) < 4.78 is 1.60. The summed E-state index contributed by atoms with van der Waals surface area (Å²) in [6.45, 7) is 0.929. The van der Waals surface area contributed by atoms with Crippen LogP contribution < -0.4 is 5.73 Å². The Morgan fingerprint density at radius 2 is 2.20 bits per heavy atom. The van der Waals surface area contributed by atoms with Gasteiger partial charge in [-0.15, -0.1) is 29.9 Å². The van der Waals surface area contributed by atoms with E-state index in [4.69, 9.17) is 10.8 Å². The number of aryl methyl sites for hydroxylation is 1. The molecule has 1 heterocycles. The molecule has 1 aromatic rings. The Morgan fingerprint density at radius 3 is 2.67 bits per heavy atom. The molecule has 0 saturated carbocycles. The van der Waals surface area contributed by atoms with Gasteiger partial charge in [-0.3, -0.25) is 9.48 Å². The number of aromatic nitrogens is 3. The van der Waals surface area contributed by atoms with Crippen LogP contribution in [0.15, 0.2) is 6.20 Å². The molecule has 0 saturated heterocycles. The number of hydrogen-bond acceptors (Lipinski definition) is 4. The molecule has 0 spiro atoms. The van der Waals surface area contributed by atoms with Gasteiger partial charge >= 0.3 is 5.97 Å². The zero-order valence-electron chi connectivity index (χ0n) is 8.00. The topological polar surface area (TPSA) is 94.0 Å². The number of nitrogens with two attached hydrogens (primary N) is 1.